The molecule has 0 saturated carbocycles. The van der Waals surface area contributed by atoms with Crippen LogP contribution in [0.2, 0.25) is 0 Å². The van der Waals surface area contributed by atoms with Crippen molar-refractivity contribution in [3.05, 3.63) is 59.9 Å². The van der Waals surface area contributed by atoms with Crippen molar-refractivity contribution in [3.63, 3.8) is 0 Å². The van der Waals surface area contributed by atoms with Gasteiger partial charge < -0.3 is 15.5 Å². The second-order valence-corrected chi connectivity index (χ2v) is 9.09. The standard InChI is InChI=1S/C26H31FN8O/c27-23-10-8-20(9-11-23)17-21-5-2-14-34(19-21)15-4-13-29-26(36)30-24-7-1-6-22(18-24)25-31-32-33-35(25)16-3-12-28/h1,6-11,18,21H,2-5,13-17,19H2,(H2,29,30,36)/t21-/m0/s1. The molecule has 2 amide bonds. The average Bonchev–Trinajstić information content (AvgIpc) is 3.36. The van der Waals surface area contributed by atoms with Crippen LogP contribution in [0.1, 0.15) is 31.2 Å². The van der Waals surface area contributed by atoms with E-state index in [2.05, 4.69) is 37.1 Å². The van der Waals surface area contributed by atoms with E-state index >= 15 is 0 Å². The molecule has 0 aliphatic carbocycles. The number of rotatable bonds is 10. The number of likely N-dealkylation sites (tertiary alicyclic amines) is 1. The highest BCUT2D eigenvalue weighted by Gasteiger charge is 2.20. The number of urea groups is 1. The lowest BCUT2D eigenvalue weighted by molar-refractivity contribution is 0.172. The van der Waals surface area contributed by atoms with Gasteiger partial charge in [0.1, 0.15) is 5.82 Å². The second-order valence-electron chi connectivity index (χ2n) is 9.09. The number of hydrogen-bond donors (Lipinski definition) is 2. The Hall–Kier alpha value is -3.84. The van der Waals surface area contributed by atoms with E-state index in [4.69, 9.17) is 5.26 Å². The van der Waals surface area contributed by atoms with Crippen LogP contribution in [0.3, 0.4) is 0 Å². The number of benzene rings is 2. The van der Waals surface area contributed by atoms with Crippen molar-refractivity contribution in [1.82, 2.24) is 30.4 Å². The molecule has 3 aromatic rings. The zero-order valence-electron chi connectivity index (χ0n) is 20.2. The van der Waals surface area contributed by atoms with Crippen LogP contribution in [0.15, 0.2) is 48.5 Å². The van der Waals surface area contributed by atoms with Crippen molar-refractivity contribution in [2.75, 3.05) is 31.5 Å². The first-order chi connectivity index (χ1) is 17.6. The van der Waals surface area contributed by atoms with Crippen LogP contribution in [0.5, 0.6) is 0 Å². The Morgan fingerprint density at radius 2 is 2.06 bits per heavy atom. The number of aromatic nitrogens is 4. The first-order valence-corrected chi connectivity index (χ1v) is 12.4. The number of nitriles is 1. The van der Waals surface area contributed by atoms with Crippen LogP contribution in [-0.4, -0.2) is 57.3 Å². The van der Waals surface area contributed by atoms with Gasteiger partial charge in [0.25, 0.3) is 0 Å². The van der Waals surface area contributed by atoms with E-state index in [0.717, 1.165) is 44.5 Å². The smallest absolute Gasteiger partial charge is 0.319 e. The number of anilines is 1. The van der Waals surface area contributed by atoms with Crippen LogP contribution >= 0.6 is 0 Å². The van der Waals surface area contributed by atoms with E-state index in [1.54, 1.807) is 4.68 Å². The van der Waals surface area contributed by atoms with Crippen LogP contribution in [0.4, 0.5) is 14.9 Å². The van der Waals surface area contributed by atoms with Crippen molar-refractivity contribution in [2.45, 2.75) is 38.6 Å². The number of nitrogens with zero attached hydrogens (tertiary/aromatic N) is 6. The molecule has 10 heteroatoms. The highest BCUT2D eigenvalue weighted by Crippen LogP contribution is 2.22. The van der Waals surface area contributed by atoms with Crippen molar-refractivity contribution in [1.29, 1.82) is 5.26 Å². The summed E-state index contributed by atoms with van der Waals surface area (Å²) >= 11 is 0. The molecule has 9 nitrogen and oxygen atoms in total. The molecule has 2 aromatic carbocycles. The summed E-state index contributed by atoms with van der Waals surface area (Å²) in [7, 11) is 0. The van der Waals surface area contributed by atoms with Gasteiger partial charge in [-0.2, -0.15) is 5.26 Å². The van der Waals surface area contributed by atoms with Gasteiger partial charge in [0, 0.05) is 24.3 Å². The molecule has 36 heavy (non-hydrogen) atoms. The molecule has 1 aromatic heterocycles. The summed E-state index contributed by atoms with van der Waals surface area (Å²) in [5, 5.41) is 26.3. The van der Waals surface area contributed by atoms with Crippen LogP contribution < -0.4 is 10.6 Å². The van der Waals surface area contributed by atoms with Crippen LogP contribution in [0.25, 0.3) is 11.4 Å². The largest absolute Gasteiger partial charge is 0.338 e. The van der Waals surface area contributed by atoms with E-state index in [9.17, 15) is 9.18 Å². The number of carbonyl (C=O) groups is 1. The van der Waals surface area contributed by atoms with Crippen LogP contribution in [0, 0.1) is 23.1 Å². The summed E-state index contributed by atoms with van der Waals surface area (Å²) in [5.41, 5.74) is 2.58. The number of piperidine rings is 1. The molecule has 1 aliphatic heterocycles. The van der Waals surface area contributed by atoms with Crippen molar-refractivity contribution in [3.8, 4) is 17.5 Å². The van der Waals surface area contributed by atoms with Gasteiger partial charge in [-0.15, -0.1) is 5.10 Å². The van der Waals surface area contributed by atoms with Gasteiger partial charge in [-0.05, 0) is 84.9 Å². The van der Waals surface area contributed by atoms with E-state index in [1.165, 1.54) is 24.1 Å². The van der Waals surface area contributed by atoms with Gasteiger partial charge in [0.15, 0.2) is 5.82 Å². The molecule has 1 aliphatic rings. The number of tetrazole rings is 1. The summed E-state index contributed by atoms with van der Waals surface area (Å²) in [6.45, 7) is 4.02. The molecule has 0 bridgehead atoms. The molecule has 1 atom stereocenters. The fourth-order valence-corrected chi connectivity index (χ4v) is 4.61. The Morgan fingerprint density at radius 1 is 1.19 bits per heavy atom. The zero-order chi connectivity index (χ0) is 25.2. The maximum atomic E-state index is 13.1. The van der Waals surface area contributed by atoms with Gasteiger partial charge in [0.2, 0.25) is 0 Å². The van der Waals surface area contributed by atoms with Crippen molar-refractivity contribution in [2.24, 2.45) is 5.92 Å². The van der Waals surface area contributed by atoms with Gasteiger partial charge >= 0.3 is 6.03 Å². The number of nitrogens with one attached hydrogen (secondary N) is 2. The minimum absolute atomic E-state index is 0.193. The normalized spacial score (nSPS) is 15.8. The predicted octanol–water partition coefficient (Wildman–Crippen LogP) is 3.86. The SMILES string of the molecule is N#CCCn1nnnc1-c1cccc(NC(=O)NCCCN2CCC[C@@H](Cc3ccc(F)cc3)C2)c1. The Bertz CT molecular complexity index is 1170. The third-order valence-electron chi connectivity index (χ3n) is 6.32. The summed E-state index contributed by atoms with van der Waals surface area (Å²) in [6, 6.07) is 15.9. The van der Waals surface area contributed by atoms with Gasteiger partial charge in [-0.1, -0.05) is 24.3 Å². The van der Waals surface area contributed by atoms with E-state index in [0.29, 0.717) is 36.9 Å². The number of hydrogen-bond acceptors (Lipinski definition) is 6. The topological polar surface area (TPSA) is 112 Å². The maximum Gasteiger partial charge on any atom is 0.319 e. The molecule has 1 fully saturated rings. The molecule has 188 valence electrons. The van der Waals surface area contributed by atoms with Crippen molar-refractivity contribution >= 4 is 11.7 Å². The van der Waals surface area contributed by atoms with E-state index in [1.807, 2.05) is 36.4 Å². The lowest BCUT2D eigenvalue weighted by Crippen LogP contribution is -2.38. The summed E-state index contributed by atoms with van der Waals surface area (Å²) in [4.78, 5) is 14.9. The Kier molecular flexibility index (Phi) is 8.94. The number of carbonyl (C=O) groups excluding carboxylic acids is 1. The summed E-state index contributed by atoms with van der Waals surface area (Å²) in [6.07, 6.45) is 4.50. The van der Waals surface area contributed by atoms with Crippen molar-refractivity contribution < 1.29 is 9.18 Å². The second kappa shape index (κ2) is 12.7. The lowest BCUT2D eigenvalue weighted by Gasteiger charge is -2.32. The monoisotopic (exact) mass is 490 g/mol. The fraction of sp³-hybridized carbons (Fsp3) is 0.423. The predicted molar refractivity (Wildman–Crippen MR) is 134 cm³/mol. The van der Waals surface area contributed by atoms with E-state index in [-0.39, 0.29) is 11.8 Å². The average molecular weight is 491 g/mol. The Balaban J connectivity index is 1.19. The first kappa shape index (κ1) is 25.3. The molecule has 2 heterocycles. The lowest BCUT2D eigenvalue weighted by atomic mass is 9.91. The Morgan fingerprint density at radius 3 is 2.89 bits per heavy atom. The summed E-state index contributed by atoms with van der Waals surface area (Å²) in [5.74, 6) is 0.934. The van der Waals surface area contributed by atoms with Crippen LogP contribution in [-0.2, 0) is 13.0 Å². The molecule has 0 spiro atoms. The zero-order valence-corrected chi connectivity index (χ0v) is 20.2. The number of halogens is 1. The Labute approximate surface area is 210 Å². The first-order valence-electron chi connectivity index (χ1n) is 12.4. The van der Waals surface area contributed by atoms with E-state index < -0.39 is 0 Å². The highest BCUT2D eigenvalue weighted by molar-refractivity contribution is 5.89. The number of aryl methyl sites for hydroxylation is 1. The third-order valence-corrected chi connectivity index (χ3v) is 6.32. The van der Waals surface area contributed by atoms with Gasteiger partial charge in [0.05, 0.1) is 19.0 Å². The number of amides is 2. The quantitative estimate of drug-likeness (QED) is 0.418. The van der Waals surface area contributed by atoms with Gasteiger partial charge in [-0.25, -0.2) is 13.9 Å². The molecule has 0 radical (unpaired) electrons. The molecule has 0 unspecified atom stereocenters. The molecule has 2 N–H and O–H groups in total. The molecule has 4 rings (SSSR count). The fourth-order valence-electron chi connectivity index (χ4n) is 4.61. The van der Waals surface area contributed by atoms with Gasteiger partial charge in [-0.3, -0.25) is 0 Å². The molecular weight excluding hydrogens is 459 g/mol. The summed E-state index contributed by atoms with van der Waals surface area (Å²) < 4.78 is 14.7. The highest BCUT2D eigenvalue weighted by atomic mass is 19.1. The maximum absolute atomic E-state index is 13.1. The third kappa shape index (κ3) is 7.33. The molecule has 1 saturated heterocycles. The minimum atomic E-state index is -0.260. The molecular formula is C26H31FN8O. The minimum Gasteiger partial charge on any atom is -0.338 e.